The fourth-order valence-electron chi connectivity index (χ4n) is 0.914. The van der Waals surface area contributed by atoms with Gasteiger partial charge in [0.2, 0.25) is 0 Å². The van der Waals surface area contributed by atoms with Crippen molar-refractivity contribution in [2.45, 2.75) is 0 Å². The molecule has 0 radical (unpaired) electrons. The number of carbonyl (C=O) groups is 1. The summed E-state index contributed by atoms with van der Waals surface area (Å²) in [5.74, 6) is 5.34. The van der Waals surface area contributed by atoms with Gasteiger partial charge in [0.1, 0.15) is 6.29 Å². The molecule has 0 saturated carbocycles. The standard InChI is InChI=1S/C10H6ClN3O/c11-10-4-3-8(7-15)6-9(10)2-1-5-13-14-12/h3-4,6-7H,5H2. The van der Waals surface area contributed by atoms with Crippen LogP contribution in [0.15, 0.2) is 23.3 Å². The third-order valence-electron chi connectivity index (χ3n) is 1.56. The number of rotatable bonds is 2. The summed E-state index contributed by atoms with van der Waals surface area (Å²) in [6.07, 6.45) is 0.717. The van der Waals surface area contributed by atoms with Gasteiger partial charge in [0, 0.05) is 16.0 Å². The van der Waals surface area contributed by atoms with Crippen molar-refractivity contribution in [1.29, 1.82) is 0 Å². The zero-order valence-electron chi connectivity index (χ0n) is 7.64. The molecule has 0 spiro atoms. The van der Waals surface area contributed by atoms with Crippen molar-refractivity contribution in [2.75, 3.05) is 6.54 Å². The summed E-state index contributed by atoms with van der Waals surface area (Å²) in [5, 5.41) is 3.72. The average molecular weight is 220 g/mol. The highest BCUT2D eigenvalue weighted by molar-refractivity contribution is 6.31. The van der Waals surface area contributed by atoms with Gasteiger partial charge in [-0.25, -0.2) is 0 Å². The number of hydrogen-bond acceptors (Lipinski definition) is 2. The number of nitrogens with zero attached hydrogens (tertiary/aromatic N) is 3. The van der Waals surface area contributed by atoms with Crippen LogP contribution < -0.4 is 0 Å². The Bertz CT molecular complexity index is 481. The first-order valence-corrected chi connectivity index (χ1v) is 4.40. The Balaban J connectivity index is 2.95. The predicted octanol–water partition coefficient (Wildman–Crippen LogP) is 2.81. The minimum atomic E-state index is 0.0815. The highest BCUT2D eigenvalue weighted by Gasteiger charge is 1.97. The second-order valence-corrected chi connectivity index (χ2v) is 2.96. The first-order chi connectivity index (χ1) is 7.27. The summed E-state index contributed by atoms with van der Waals surface area (Å²) < 4.78 is 0. The van der Waals surface area contributed by atoms with Crippen LogP contribution in [0.5, 0.6) is 0 Å². The maximum absolute atomic E-state index is 10.5. The number of azide groups is 1. The zero-order valence-corrected chi connectivity index (χ0v) is 8.40. The van der Waals surface area contributed by atoms with Crippen molar-refractivity contribution in [2.24, 2.45) is 5.11 Å². The third-order valence-corrected chi connectivity index (χ3v) is 1.89. The maximum atomic E-state index is 10.5. The van der Waals surface area contributed by atoms with E-state index in [0.29, 0.717) is 16.1 Å². The quantitative estimate of drug-likeness (QED) is 0.248. The number of halogens is 1. The average Bonchev–Trinajstić information content (AvgIpc) is 2.26. The molecular weight excluding hydrogens is 214 g/mol. The van der Waals surface area contributed by atoms with E-state index in [-0.39, 0.29) is 6.54 Å². The molecule has 0 atom stereocenters. The minimum absolute atomic E-state index is 0.0815. The van der Waals surface area contributed by atoms with E-state index < -0.39 is 0 Å². The van der Waals surface area contributed by atoms with Gasteiger partial charge in [0.25, 0.3) is 0 Å². The Morgan fingerprint density at radius 1 is 1.60 bits per heavy atom. The van der Waals surface area contributed by atoms with Gasteiger partial charge in [-0.2, -0.15) is 0 Å². The normalized spacial score (nSPS) is 8.33. The molecule has 0 heterocycles. The maximum Gasteiger partial charge on any atom is 0.150 e. The van der Waals surface area contributed by atoms with Crippen LogP contribution >= 0.6 is 11.6 Å². The molecule has 1 aromatic rings. The van der Waals surface area contributed by atoms with Crippen LogP contribution in [0.3, 0.4) is 0 Å². The molecule has 0 N–H and O–H groups in total. The van der Waals surface area contributed by atoms with Crippen molar-refractivity contribution >= 4 is 17.9 Å². The molecule has 0 fully saturated rings. The zero-order chi connectivity index (χ0) is 11.1. The van der Waals surface area contributed by atoms with E-state index in [1.807, 2.05) is 0 Å². The van der Waals surface area contributed by atoms with Gasteiger partial charge in [-0.3, -0.25) is 4.79 Å². The van der Waals surface area contributed by atoms with Crippen molar-refractivity contribution in [3.05, 3.63) is 44.8 Å². The van der Waals surface area contributed by atoms with Gasteiger partial charge < -0.3 is 0 Å². The summed E-state index contributed by atoms with van der Waals surface area (Å²) in [6.45, 7) is 0.0815. The first kappa shape index (κ1) is 11.1. The van der Waals surface area contributed by atoms with Crippen LogP contribution in [0.25, 0.3) is 10.4 Å². The first-order valence-electron chi connectivity index (χ1n) is 4.02. The van der Waals surface area contributed by atoms with E-state index in [1.54, 1.807) is 18.2 Å². The van der Waals surface area contributed by atoms with Crippen LogP contribution in [0.4, 0.5) is 0 Å². The van der Waals surface area contributed by atoms with Crippen LogP contribution in [-0.2, 0) is 0 Å². The fraction of sp³-hybridized carbons (Fsp3) is 0.100. The van der Waals surface area contributed by atoms with E-state index in [0.717, 1.165) is 6.29 Å². The molecule has 74 valence electrons. The molecule has 0 aliphatic heterocycles. The van der Waals surface area contributed by atoms with Gasteiger partial charge in [0.15, 0.2) is 0 Å². The van der Waals surface area contributed by atoms with Gasteiger partial charge in [0.05, 0.1) is 11.6 Å². The summed E-state index contributed by atoms with van der Waals surface area (Å²) in [7, 11) is 0. The molecule has 1 aromatic carbocycles. The molecule has 0 amide bonds. The van der Waals surface area contributed by atoms with Crippen molar-refractivity contribution in [3.8, 4) is 11.8 Å². The van der Waals surface area contributed by atoms with Gasteiger partial charge in [-0.15, -0.1) is 0 Å². The summed E-state index contributed by atoms with van der Waals surface area (Å²) in [6, 6.07) is 4.79. The fourth-order valence-corrected chi connectivity index (χ4v) is 1.08. The molecular formula is C10H6ClN3O. The smallest absolute Gasteiger partial charge is 0.150 e. The van der Waals surface area contributed by atoms with Crippen LogP contribution in [-0.4, -0.2) is 12.8 Å². The van der Waals surface area contributed by atoms with E-state index in [1.165, 1.54) is 0 Å². The largest absolute Gasteiger partial charge is 0.298 e. The van der Waals surface area contributed by atoms with Crippen LogP contribution in [0, 0.1) is 11.8 Å². The molecule has 0 bridgehead atoms. The van der Waals surface area contributed by atoms with E-state index in [2.05, 4.69) is 21.9 Å². The number of carbonyl (C=O) groups excluding carboxylic acids is 1. The van der Waals surface area contributed by atoms with Crippen LogP contribution in [0.2, 0.25) is 5.02 Å². The molecule has 0 aliphatic rings. The summed E-state index contributed by atoms with van der Waals surface area (Å²) >= 11 is 5.84. The van der Waals surface area contributed by atoms with Crippen molar-refractivity contribution < 1.29 is 4.79 Å². The highest BCUT2D eigenvalue weighted by atomic mass is 35.5. The van der Waals surface area contributed by atoms with E-state index >= 15 is 0 Å². The van der Waals surface area contributed by atoms with Gasteiger partial charge >= 0.3 is 0 Å². The molecule has 0 aromatic heterocycles. The number of aldehydes is 1. The minimum Gasteiger partial charge on any atom is -0.298 e. The molecule has 4 nitrogen and oxygen atoms in total. The molecule has 1 rings (SSSR count). The van der Waals surface area contributed by atoms with E-state index in [4.69, 9.17) is 17.1 Å². The molecule has 15 heavy (non-hydrogen) atoms. The number of benzene rings is 1. The lowest BCUT2D eigenvalue weighted by atomic mass is 10.1. The summed E-state index contributed by atoms with van der Waals surface area (Å²) in [4.78, 5) is 13.0. The monoisotopic (exact) mass is 219 g/mol. The van der Waals surface area contributed by atoms with Crippen LogP contribution in [0.1, 0.15) is 15.9 Å². The summed E-state index contributed by atoms with van der Waals surface area (Å²) in [5.41, 5.74) is 9.08. The van der Waals surface area contributed by atoms with Gasteiger partial charge in [-0.1, -0.05) is 34.6 Å². The van der Waals surface area contributed by atoms with E-state index in [9.17, 15) is 4.79 Å². The lowest BCUT2D eigenvalue weighted by molar-refractivity contribution is 0.112. The lowest BCUT2D eigenvalue weighted by Gasteiger charge is -1.95. The Hall–Kier alpha value is -1.95. The van der Waals surface area contributed by atoms with Crippen molar-refractivity contribution in [3.63, 3.8) is 0 Å². The Morgan fingerprint density at radius 3 is 3.07 bits per heavy atom. The Labute approximate surface area is 91.5 Å². The predicted molar refractivity (Wildman–Crippen MR) is 57.7 cm³/mol. The lowest BCUT2D eigenvalue weighted by Crippen LogP contribution is -1.83. The topological polar surface area (TPSA) is 65.8 Å². The molecule has 5 heteroatoms. The van der Waals surface area contributed by atoms with Gasteiger partial charge in [-0.05, 0) is 17.7 Å². The Kier molecular flexibility index (Phi) is 4.24. The second-order valence-electron chi connectivity index (χ2n) is 2.55. The number of hydrogen-bond donors (Lipinski definition) is 0. The Morgan fingerprint density at radius 2 is 2.40 bits per heavy atom. The molecule has 0 unspecified atom stereocenters. The molecule has 0 saturated heterocycles. The SMILES string of the molecule is [N-]=[N+]=NCC#Cc1cc(C=O)ccc1Cl. The third kappa shape index (κ3) is 3.35. The molecule has 0 aliphatic carbocycles. The highest BCUT2D eigenvalue weighted by Crippen LogP contribution is 2.15. The van der Waals surface area contributed by atoms with Crippen molar-refractivity contribution in [1.82, 2.24) is 0 Å². The second kappa shape index (κ2) is 5.71.